The van der Waals surface area contributed by atoms with Crippen molar-refractivity contribution < 1.29 is 23.9 Å². The van der Waals surface area contributed by atoms with Gasteiger partial charge in [-0.05, 0) is 31.0 Å². The summed E-state index contributed by atoms with van der Waals surface area (Å²) in [6.07, 6.45) is 0.481. The van der Waals surface area contributed by atoms with Crippen LogP contribution in [0.3, 0.4) is 0 Å². The maximum atomic E-state index is 12.3. The van der Waals surface area contributed by atoms with E-state index >= 15 is 0 Å². The molecule has 7 nitrogen and oxygen atoms in total. The van der Waals surface area contributed by atoms with E-state index in [1.807, 2.05) is 6.92 Å². The van der Waals surface area contributed by atoms with Gasteiger partial charge in [0.25, 0.3) is 5.91 Å². The van der Waals surface area contributed by atoms with Crippen molar-refractivity contribution in [3.63, 3.8) is 0 Å². The minimum atomic E-state index is -0.780. The largest absolute Gasteiger partial charge is 0.465 e. The predicted molar refractivity (Wildman–Crippen MR) is 107 cm³/mol. The Morgan fingerprint density at radius 2 is 1.71 bits per heavy atom. The molecule has 0 radical (unpaired) electrons. The molecule has 2 rings (SSSR count). The van der Waals surface area contributed by atoms with Gasteiger partial charge in [0.2, 0.25) is 0 Å². The second-order valence-corrected chi connectivity index (χ2v) is 6.92. The molecule has 150 valence electrons. The van der Waals surface area contributed by atoms with Crippen LogP contribution >= 0.6 is 34.8 Å². The fraction of sp³-hybridized carbons (Fsp3) is 0.278. The number of H-pyrrole nitrogens is 1. The van der Waals surface area contributed by atoms with Crippen molar-refractivity contribution in [1.82, 2.24) is 4.98 Å². The minimum absolute atomic E-state index is 0.0811. The average Bonchev–Trinajstić information content (AvgIpc) is 3.00. The van der Waals surface area contributed by atoms with Crippen LogP contribution in [0.1, 0.15) is 39.0 Å². The normalized spacial score (nSPS) is 10.5. The van der Waals surface area contributed by atoms with E-state index in [2.05, 4.69) is 10.3 Å². The molecule has 0 fully saturated rings. The molecule has 2 N–H and O–H groups in total. The lowest BCUT2D eigenvalue weighted by molar-refractivity contribution is -0.119. The zero-order valence-corrected chi connectivity index (χ0v) is 17.5. The number of aromatic nitrogens is 1. The number of carbonyl (C=O) groups excluding carboxylic acids is 3. The Morgan fingerprint density at radius 1 is 1.07 bits per heavy atom. The molecule has 1 aromatic carbocycles. The number of hydrogen-bond acceptors (Lipinski definition) is 5. The Kier molecular flexibility index (Phi) is 7.35. The Morgan fingerprint density at radius 3 is 2.32 bits per heavy atom. The molecule has 0 unspecified atom stereocenters. The van der Waals surface area contributed by atoms with E-state index in [1.54, 1.807) is 6.92 Å². The lowest BCUT2D eigenvalue weighted by atomic mass is 10.1. The third kappa shape index (κ3) is 4.79. The van der Waals surface area contributed by atoms with Gasteiger partial charge in [-0.25, -0.2) is 9.59 Å². The molecule has 0 aliphatic rings. The summed E-state index contributed by atoms with van der Waals surface area (Å²) in [4.78, 5) is 39.1. The Labute approximate surface area is 176 Å². The van der Waals surface area contributed by atoms with Crippen molar-refractivity contribution in [2.24, 2.45) is 0 Å². The zero-order valence-electron chi connectivity index (χ0n) is 15.2. The molecular formula is C18H17Cl3N2O5. The van der Waals surface area contributed by atoms with Gasteiger partial charge in [0.15, 0.2) is 6.61 Å². The molecule has 0 aliphatic heterocycles. The van der Waals surface area contributed by atoms with E-state index < -0.39 is 24.5 Å². The van der Waals surface area contributed by atoms with Crippen LogP contribution in [0, 0.1) is 6.92 Å². The molecule has 2 aromatic rings. The molecular weight excluding hydrogens is 431 g/mol. The van der Waals surface area contributed by atoms with Gasteiger partial charge in [-0.15, -0.1) is 0 Å². The average molecular weight is 448 g/mol. The van der Waals surface area contributed by atoms with Crippen molar-refractivity contribution in [3.8, 4) is 0 Å². The summed E-state index contributed by atoms with van der Waals surface area (Å²) in [5.74, 6) is -1.96. The molecule has 0 atom stereocenters. The molecule has 0 aliphatic carbocycles. The molecule has 1 amide bonds. The highest BCUT2D eigenvalue weighted by Crippen LogP contribution is 2.32. The van der Waals surface area contributed by atoms with Crippen LogP contribution in [0.5, 0.6) is 0 Å². The van der Waals surface area contributed by atoms with Gasteiger partial charge in [0.1, 0.15) is 5.69 Å². The number of methoxy groups -OCH3 is 1. The van der Waals surface area contributed by atoms with Crippen LogP contribution in [0.2, 0.25) is 15.1 Å². The number of hydrogen-bond donors (Lipinski definition) is 2. The SMILES string of the molecule is CCc1[nH]c(C(=O)OCC(=O)Nc2cc(Cl)c(Cl)cc2Cl)c(C)c1C(=O)OC. The summed E-state index contributed by atoms with van der Waals surface area (Å²) < 4.78 is 9.77. The zero-order chi connectivity index (χ0) is 21.0. The smallest absolute Gasteiger partial charge is 0.355 e. The first-order valence-corrected chi connectivity index (χ1v) is 9.24. The molecule has 1 aromatic heterocycles. The van der Waals surface area contributed by atoms with Gasteiger partial charge >= 0.3 is 11.9 Å². The molecule has 0 bridgehead atoms. The molecule has 10 heteroatoms. The van der Waals surface area contributed by atoms with Gasteiger partial charge in [-0.2, -0.15) is 0 Å². The first-order valence-electron chi connectivity index (χ1n) is 8.10. The monoisotopic (exact) mass is 446 g/mol. The standard InChI is InChI=1S/C18H17Cl3N2O5/c1-4-12-15(17(25)27-3)8(2)16(23-12)18(26)28-7-14(24)22-13-6-10(20)9(19)5-11(13)21/h5-6,23H,4,7H2,1-3H3,(H,22,24). The van der Waals surface area contributed by atoms with Gasteiger partial charge in [0, 0.05) is 5.69 Å². The molecule has 0 saturated heterocycles. The van der Waals surface area contributed by atoms with Crippen LogP contribution in [0.15, 0.2) is 12.1 Å². The van der Waals surface area contributed by atoms with E-state index in [1.165, 1.54) is 19.2 Å². The molecule has 0 saturated carbocycles. The lowest BCUT2D eigenvalue weighted by Crippen LogP contribution is -2.21. The van der Waals surface area contributed by atoms with Crippen molar-refractivity contribution in [3.05, 3.63) is 49.7 Å². The maximum Gasteiger partial charge on any atom is 0.355 e. The fourth-order valence-electron chi connectivity index (χ4n) is 2.51. The number of aryl methyl sites for hydroxylation is 1. The highest BCUT2D eigenvalue weighted by atomic mass is 35.5. The summed E-state index contributed by atoms with van der Waals surface area (Å²) in [5, 5.41) is 3.12. The number of nitrogens with one attached hydrogen (secondary N) is 2. The Bertz CT molecular complexity index is 940. The third-order valence-electron chi connectivity index (χ3n) is 3.89. The van der Waals surface area contributed by atoms with E-state index in [-0.39, 0.29) is 32.0 Å². The number of esters is 2. The number of carbonyl (C=O) groups is 3. The van der Waals surface area contributed by atoms with Crippen molar-refractivity contribution in [2.45, 2.75) is 20.3 Å². The summed E-state index contributed by atoms with van der Waals surface area (Å²) in [6, 6.07) is 2.77. The Hall–Kier alpha value is -2.22. The van der Waals surface area contributed by atoms with Crippen LogP contribution in [-0.2, 0) is 20.7 Å². The van der Waals surface area contributed by atoms with Crippen LogP contribution in [-0.4, -0.2) is 36.5 Å². The highest BCUT2D eigenvalue weighted by Gasteiger charge is 2.25. The number of benzene rings is 1. The number of anilines is 1. The number of amides is 1. The first-order chi connectivity index (χ1) is 13.2. The number of halogens is 3. The summed E-state index contributed by atoms with van der Waals surface area (Å²) in [5.41, 5.74) is 1.53. The van der Waals surface area contributed by atoms with Crippen LogP contribution in [0.4, 0.5) is 5.69 Å². The lowest BCUT2D eigenvalue weighted by Gasteiger charge is -2.09. The number of aromatic amines is 1. The topological polar surface area (TPSA) is 97.5 Å². The van der Waals surface area contributed by atoms with E-state index in [9.17, 15) is 14.4 Å². The van der Waals surface area contributed by atoms with Gasteiger partial charge in [-0.3, -0.25) is 4.79 Å². The quantitative estimate of drug-likeness (QED) is 0.504. The van der Waals surface area contributed by atoms with Crippen LogP contribution < -0.4 is 5.32 Å². The van der Waals surface area contributed by atoms with Gasteiger partial charge < -0.3 is 19.8 Å². The fourth-order valence-corrected chi connectivity index (χ4v) is 3.11. The summed E-state index contributed by atoms with van der Waals surface area (Å²) >= 11 is 17.7. The van der Waals surface area contributed by atoms with E-state index in [0.29, 0.717) is 17.7 Å². The Balaban J connectivity index is 2.08. The second kappa shape index (κ2) is 9.32. The minimum Gasteiger partial charge on any atom is -0.465 e. The summed E-state index contributed by atoms with van der Waals surface area (Å²) in [6.45, 7) is 2.85. The van der Waals surface area contributed by atoms with Gasteiger partial charge in [0.05, 0.1) is 33.4 Å². The molecule has 0 spiro atoms. The van der Waals surface area contributed by atoms with Crippen molar-refractivity contribution >= 4 is 58.3 Å². The van der Waals surface area contributed by atoms with E-state index in [0.717, 1.165) is 0 Å². The van der Waals surface area contributed by atoms with Crippen LogP contribution in [0.25, 0.3) is 0 Å². The maximum absolute atomic E-state index is 12.3. The second-order valence-electron chi connectivity index (χ2n) is 5.69. The molecule has 1 heterocycles. The predicted octanol–water partition coefficient (Wildman–Crippen LogP) is 4.43. The van der Waals surface area contributed by atoms with Gasteiger partial charge in [-0.1, -0.05) is 41.7 Å². The summed E-state index contributed by atoms with van der Waals surface area (Å²) in [7, 11) is 1.25. The van der Waals surface area contributed by atoms with Crippen molar-refractivity contribution in [1.29, 1.82) is 0 Å². The number of rotatable bonds is 6. The van der Waals surface area contributed by atoms with Crippen molar-refractivity contribution in [2.75, 3.05) is 19.0 Å². The highest BCUT2D eigenvalue weighted by molar-refractivity contribution is 6.44. The first kappa shape index (κ1) is 22.1. The van der Waals surface area contributed by atoms with E-state index in [4.69, 9.17) is 44.3 Å². The number of ether oxygens (including phenoxy) is 2. The molecule has 28 heavy (non-hydrogen) atoms. The third-order valence-corrected chi connectivity index (χ3v) is 4.93.